The predicted octanol–water partition coefficient (Wildman–Crippen LogP) is 2.68. The van der Waals surface area contributed by atoms with Gasteiger partial charge in [-0.1, -0.05) is 6.92 Å². The van der Waals surface area contributed by atoms with E-state index >= 15 is 0 Å². The molecular formula is C12H14N4O2S. The van der Waals surface area contributed by atoms with Crippen LogP contribution in [0.3, 0.4) is 0 Å². The number of aromatic nitrogens is 2. The normalized spacial score (nSPS) is 16.3. The van der Waals surface area contributed by atoms with Gasteiger partial charge in [-0.2, -0.15) is 0 Å². The summed E-state index contributed by atoms with van der Waals surface area (Å²) in [5.74, 6) is 0. The van der Waals surface area contributed by atoms with E-state index in [2.05, 4.69) is 20.8 Å². The fraction of sp³-hybridized carbons (Fsp3) is 0.417. The van der Waals surface area contributed by atoms with Crippen molar-refractivity contribution >= 4 is 28.7 Å². The maximum atomic E-state index is 10.9. The molecule has 1 aliphatic heterocycles. The zero-order chi connectivity index (χ0) is 13.4. The van der Waals surface area contributed by atoms with Crippen LogP contribution in [0.5, 0.6) is 0 Å². The zero-order valence-corrected chi connectivity index (χ0v) is 11.4. The third kappa shape index (κ3) is 2.19. The molecule has 19 heavy (non-hydrogen) atoms. The molecule has 0 radical (unpaired) electrons. The minimum absolute atomic E-state index is 0.122. The molecule has 2 aromatic rings. The third-order valence-electron chi connectivity index (χ3n) is 3.26. The molecule has 0 aliphatic carbocycles. The van der Waals surface area contributed by atoms with Gasteiger partial charge in [0.2, 0.25) is 0 Å². The van der Waals surface area contributed by atoms with Crippen LogP contribution in [-0.2, 0) is 6.54 Å². The highest BCUT2D eigenvalue weighted by atomic mass is 32.2. The number of non-ortho nitro benzene ring substituents is 1. The van der Waals surface area contributed by atoms with Gasteiger partial charge in [-0.3, -0.25) is 10.1 Å². The minimum atomic E-state index is -0.360. The molecule has 1 aromatic heterocycles. The van der Waals surface area contributed by atoms with Crippen molar-refractivity contribution in [3.8, 4) is 0 Å². The molecule has 0 spiro atoms. The van der Waals surface area contributed by atoms with E-state index in [1.807, 2.05) is 0 Å². The molecule has 6 nitrogen and oxygen atoms in total. The second-order valence-corrected chi connectivity index (χ2v) is 5.51. The molecule has 0 unspecified atom stereocenters. The molecule has 0 N–H and O–H groups in total. The Morgan fingerprint density at radius 1 is 1.47 bits per heavy atom. The van der Waals surface area contributed by atoms with Crippen molar-refractivity contribution in [3.05, 3.63) is 28.3 Å². The average molecular weight is 278 g/mol. The molecule has 1 aromatic carbocycles. The smallest absolute Gasteiger partial charge is 0.271 e. The summed E-state index contributed by atoms with van der Waals surface area (Å²) in [5.41, 5.74) is 1.80. The monoisotopic (exact) mass is 278 g/mol. The Hall–Kier alpha value is -1.60. The lowest BCUT2D eigenvalue weighted by molar-refractivity contribution is -0.384. The van der Waals surface area contributed by atoms with Gasteiger partial charge in [-0.15, -0.1) is 0 Å². The predicted molar refractivity (Wildman–Crippen MR) is 74.1 cm³/mol. The van der Waals surface area contributed by atoms with Gasteiger partial charge in [0.25, 0.3) is 5.69 Å². The van der Waals surface area contributed by atoms with Crippen molar-refractivity contribution in [3.63, 3.8) is 0 Å². The fourth-order valence-corrected chi connectivity index (χ4v) is 3.29. The van der Waals surface area contributed by atoms with Gasteiger partial charge < -0.3 is 4.57 Å². The number of fused-ring (bicyclic) bond motifs is 3. The summed E-state index contributed by atoms with van der Waals surface area (Å²) in [6.07, 6.45) is 1.03. The number of nitro groups is 1. The van der Waals surface area contributed by atoms with Crippen LogP contribution < -0.4 is 0 Å². The zero-order valence-electron chi connectivity index (χ0n) is 10.6. The molecule has 0 bridgehead atoms. The number of nitrogens with zero attached hydrogens (tertiary/aromatic N) is 4. The third-order valence-corrected chi connectivity index (χ3v) is 4.43. The molecule has 0 amide bonds. The van der Waals surface area contributed by atoms with E-state index in [-0.39, 0.29) is 10.6 Å². The first-order valence-corrected chi connectivity index (χ1v) is 7.04. The first-order valence-electron chi connectivity index (χ1n) is 6.26. The first-order chi connectivity index (χ1) is 9.19. The molecular weight excluding hydrogens is 264 g/mol. The molecule has 0 saturated carbocycles. The molecule has 0 atom stereocenters. The summed E-state index contributed by atoms with van der Waals surface area (Å²) in [6, 6.07) is 4.86. The molecule has 100 valence electrons. The van der Waals surface area contributed by atoms with E-state index < -0.39 is 0 Å². The molecule has 1 aliphatic rings. The van der Waals surface area contributed by atoms with Gasteiger partial charge in [0.15, 0.2) is 5.16 Å². The molecule has 0 saturated heterocycles. The van der Waals surface area contributed by atoms with E-state index in [4.69, 9.17) is 0 Å². The average Bonchev–Trinajstić information content (AvgIpc) is 2.61. The Labute approximate surface area is 114 Å². The second-order valence-electron chi connectivity index (χ2n) is 4.44. The summed E-state index contributed by atoms with van der Waals surface area (Å²) in [4.78, 5) is 15.1. The van der Waals surface area contributed by atoms with Crippen LogP contribution >= 0.6 is 11.9 Å². The van der Waals surface area contributed by atoms with Crippen molar-refractivity contribution in [1.29, 1.82) is 0 Å². The highest BCUT2D eigenvalue weighted by molar-refractivity contribution is 7.96. The van der Waals surface area contributed by atoms with Crippen LogP contribution in [0.2, 0.25) is 0 Å². The Balaban J connectivity index is 2.11. The second kappa shape index (κ2) is 4.82. The van der Waals surface area contributed by atoms with Crippen LogP contribution in [0, 0.1) is 10.1 Å². The number of hydrogen-bond acceptors (Lipinski definition) is 5. The maximum absolute atomic E-state index is 10.9. The van der Waals surface area contributed by atoms with Crippen molar-refractivity contribution in [2.45, 2.75) is 25.0 Å². The highest BCUT2D eigenvalue weighted by Gasteiger charge is 2.19. The van der Waals surface area contributed by atoms with E-state index in [1.165, 1.54) is 6.07 Å². The van der Waals surface area contributed by atoms with Crippen LogP contribution in [0.25, 0.3) is 11.0 Å². The van der Waals surface area contributed by atoms with Gasteiger partial charge in [0.1, 0.15) is 0 Å². The molecule has 3 rings (SSSR count). The number of aryl methyl sites for hydroxylation is 1. The van der Waals surface area contributed by atoms with Crippen molar-refractivity contribution in [2.24, 2.45) is 0 Å². The summed E-state index contributed by atoms with van der Waals surface area (Å²) >= 11 is 1.63. The van der Waals surface area contributed by atoms with E-state index in [1.54, 1.807) is 24.1 Å². The summed E-state index contributed by atoms with van der Waals surface area (Å²) in [7, 11) is 0. The van der Waals surface area contributed by atoms with Crippen LogP contribution in [0.15, 0.2) is 23.4 Å². The number of nitro benzene ring substituents is 1. The number of imidazole rings is 1. The highest BCUT2D eigenvalue weighted by Crippen LogP contribution is 2.31. The van der Waals surface area contributed by atoms with Crippen LogP contribution in [-0.4, -0.2) is 31.9 Å². The molecule has 7 heteroatoms. The van der Waals surface area contributed by atoms with E-state index in [0.717, 1.165) is 42.2 Å². The van der Waals surface area contributed by atoms with Crippen molar-refractivity contribution < 1.29 is 4.92 Å². The Kier molecular flexibility index (Phi) is 3.16. The van der Waals surface area contributed by atoms with Crippen molar-refractivity contribution in [2.75, 3.05) is 13.1 Å². The number of rotatable bonds is 2. The summed E-state index contributed by atoms with van der Waals surface area (Å²) in [6.45, 7) is 4.96. The van der Waals surface area contributed by atoms with Crippen LogP contribution in [0.1, 0.15) is 13.3 Å². The Bertz CT molecular complexity index is 640. The Morgan fingerprint density at radius 3 is 3.05 bits per heavy atom. The van der Waals surface area contributed by atoms with Gasteiger partial charge >= 0.3 is 0 Å². The van der Waals surface area contributed by atoms with Gasteiger partial charge in [-0.25, -0.2) is 9.29 Å². The molecule has 0 fully saturated rings. The summed E-state index contributed by atoms with van der Waals surface area (Å²) < 4.78 is 4.35. The van der Waals surface area contributed by atoms with Gasteiger partial charge in [0.05, 0.1) is 16.0 Å². The Morgan fingerprint density at radius 2 is 2.32 bits per heavy atom. The lowest BCUT2D eigenvalue weighted by atomic mass is 10.2. The SMILES string of the molecule is CCN1CCCn2c(nc3ccc([N+](=O)[O-])cc32)S1. The quantitative estimate of drug-likeness (QED) is 0.480. The molecule has 2 heterocycles. The minimum Gasteiger partial charge on any atom is -0.318 e. The maximum Gasteiger partial charge on any atom is 0.271 e. The standard InChI is InChI=1S/C12H14N4O2S/c1-2-14-6-3-7-15-11-8-9(16(17)18)4-5-10(11)13-12(15)19-14/h4-5,8H,2-3,6-7H2,1H3. The van der Waals surface area contributed by atoms with E-state index in [0.29, 0.717) is 0 Å². The largest absolute Gasteiger partial charge is 0.318 e. The lowest BCUT2D eigenvalue weighted by Gasteiger charge is -2.13. The topological polar surface area (TPSA) is 64.2 Å². The van der Waals surface area contributed by atoms with E-state index in [9.17, 15) is 10.1 Å². The summed E-state index contributed by atoms with van der Waals surface area (Å²) in [5, 5.41) is 11.8. The fourth-order valence-electron chi connectivity index (χ4n) is 2.28. The van der Waals surface area contributed by atoms with Gasteiger partial charge in [-0.05, 0) is 24.4 Å². The number of hydrogen-bond donors (Lipinski definition) is 0. The number of benzene rings is 1. The lowest BCUT2D eigenvalue weighted by Crippen LogP contribution is -2.14. The first kappa shape index (κ1) is 12.4. The van der Waals surface area contributed by atoms with Crippen molar-refractivity contribution in [1.82, 2.24) is 13.9 Å². The van der Waals surface area contributed by atoms with Crippen LogP contribution in [0.4, 0.5) is 5.69 Å². The van der Waals surface area contributed by atoms with Gasteiger partial charge in [0, 0.05) is 31.8 Å².